The number of halogens is 1. The molecule has 0 aromatic carbocycles. The molecule has 1 aromatic heterocycles. The third kappa shape index (κ3) is 1.86. The first-order chi connectivity index (χ1) is 6.16. The minimum atomic E-state index is 0.594. The largest absolute Gasteiger partial charge is 0.345 e. The minimum Gasteiger partial charge on any atom is -0.345 e. The summed E-state index contributed by atoms with van der Waals surface area (Å²) >= 11 is 5.16. The molecular formula is C8H12BrN3S. The fourth-order valence-electron chi connectivity index (χ4n) is 1.50. The van der Waals surface area contributed by atoms with Crippen molar-refractivity contribution in [1.29, 1.82) is 0 Å². The molecule has 2 unspecified atom stereocenters. The Bertz CT molecular complexity index is 291. The Balaban J connectivity index is 2.11. The number of hydrogen-bond acceptors (Lipinski definition) is 4. The summed E-state index contributed by atoms with van der Waals surface area (Å²) in [6.07, 6.45) is 0. The topological polar surface area (TPSA) is 29.0 Å². The van der Waals surface area contributed by atoms with Gasteiger partial charge in [-0.1, -0.05) is 22.9 Å². The second-order valence-electron chi connectivity index (χ2n) is 3.52. The zero-order chi connectivity index (χ0) is 9.42. The molecule has 1 aliphatic rings. The van der Waals surface area contributed by atoms with Crippen molar-refractivity contribution in [3.05, 3.63) is 5.82 Å². The van der Waals surface area contributed by atoms with Gasteiger partial charge in [-0.2, -0.15) is 4.37 Å². The van der Waals surface area contributed by atoms with E-state index in [1.807, 2.05) is 6.92 Å². The van der Waals surface area contributed by atoms with Crippen molar-refractivity contribution in [1.82, 2.24) is 9.36 Å². The molecule has 13 heavy (non-hydrogen) atoms. The van der Waals surface area contributed by atoms with Gasteiger partial charge >= 0.3 is 0 Å². The Morgan fingerprint density at radius 3 is 2.77 bits per heavy atom. The van der Waals surface area contributed by atoms with Crippen LogP contribution >= 0.6 is 27.5 Å². The van der Waals surface area contributed by atoms with Crippen LogP contribution in [0.3, 0.4) is 0 Å². The molecule has 0 bridgehead atoms. The molecule has 0 radical (unpaired) electrons. The van der Waals surface area contributed by atoms with Gasteiger partial charge in [0.25, 0.3) is 0 Å². The van der Waals surface area contributed by atoms with Gasteiger partial charge in [0.15, 0.2) is 0 Å². The predicted molar refractivity (Wildman–Crippen MR) is 58.7 cm³/mol. The Morgan fingerprint density at radius 2 is 2.31 bits per heavy atom. The molecule has 1 aliphatic heterocycles. The molecule has 0 spiro atoms. The molecule has 2 atom stereocenters. The van der Waals surface area contributed by atoms with E-state index in [0.717, 1.165) is 24.0 Å². The number of aromatic nitrogens is 2. The van der Waals surface area contributed by atoms with E-state index in [9.17, 15) is 0 Å². The number of anilines is 1. The lowest BCUT2D eigenvalue weighted by atomic mass is 10.2. The highest BCUT2D eigenvalue weighted by Crippen LogP contribution is 2.28. The summed E-state index contributed by atoms with van der Waals surface area (Å²) in [7, 11) is 0. The predicted octanol–water partition coefficient (Wildman–Crippen LogP) is 2.07. The Hall–Kier alpha value is -0.160. The first-order valence-corrected chi connectivity index (χ1v) is 6.05. The number of nitrogens with zero attached hydrogens (tertiary/aromatic N) is 3. The lowest BCUT2D eigenvalue weighted by molar-refractivity contribution is 0.679. The third-order valence-electron chi connectivity index (χ3n) is 2.31. The molecule has 1 saturated heterocycles. The molecular weight excluding hydrogens is 250 g/mol. The van der Waals surface area contributed by atoms with E-state index in [1.165, 1.54) is 11.5 Å². The van der Waals surface area contributed by atoms with Gasteiger partial charge < -0.3 is 4.90 Å². The molecule has 2 heterocycles. The van der Waals surface area contributed by atoms with E-state index < -0.39 is 0 Å². The fourth-order valence-corrected chi connectivity index (χ4v) is 2.71. The van der Waals surface area contributed by atoms with E-state index in [2.05, 4.69) is 37.1 Å². The first-order valence-electron chi connectivity index (χ1n) is 4.36. The van der Waals surface area contributed by atoms with Crippen LogP contribution in [0.2, 0.25) is 0 Å². The van der Waals surface area contributed by atoms with Gasteiger partial charge in [0, 0.05) is 29.4 Å². The van der Waals surface area contributed by atoms with Crippen LogP contribution in [0.25, 0.3) is 0 Å². The summed E-state index contributed by atoms with van der Waals surface area (Å²) in [5.74, 6) is 1.58. The van der Waals surface area contributed by atoms with Gasteiger partial charge in [-0.05, 0) is 12.8 Å². The van der Waals surface area contributed by atoms with Gasteiger partial charge in [-0.25, -0.2) is 4.98 Å². The third-order valence-corrected chi connectivity index (χ3v) is 4.37. The van der Waals surface area contributed by atoms with Crippen LogP contribution in [0.15, 0.2) is 0 Å². The van der Waals surface area contributed by atoms with Crippen LogP contribution in [0, 0.1) is 12.8 Å². The van der Waals surface area contributed by atoms with Crippen molar-refractivity contribution >= 4 is 32.6 Å². The smallest absolute Gasteiger partial charge is 0.205 e. The zero-order valence-corrected chi connectivity index (χ0v) is 10.1. The lowest BCUT2D eigenvalue weighted by Gasteiger charge is -2.12. The van der Waals surface area contributed by atoms with Crippen LogP contribution in [0.5, 0.6) is 0 Å². The maximum atomic E-state index is 4.37. The average molecular weight is 262 g/mol. The van der Waals surface area contributed by atoms with Gasteiger partial charge in [-0.3, -0.25) is 0 Å². The molecule has 3 nitrogen and oxygen atoms in total. The van der Waals surface area contributed by atoms with Gasteiger partial charge in [0.2, 0.25) is 5.13 Å². The van der Waals surface area contributed by atoms with Crippen molar-refractivity contribution in [3.8, 4) is 0 Å². The lowest BCUT2D eigenvalue weighted by Crippen LogP contribution is -2.19. The van der Waals surface area contributed by atoms with E-state index in [-0.39, 0.29) is 0 Å². The van der Waals surface area contributed by atoms with Gasteiger partial charge in [-0.15, -0.1) is 0 Å². The van der Waals surface area contributed by atoms with Crippen LogP contribution < -0.4 is 4.90 Å². The Kier molecular flexibility index (Phi) is 2.55. The van der Waals surface area contributed by atoms with E-state index >= 15 is 0 Å². The van der Waals surface area contributed by atoms with Crippen molar-refractivity contribution in [3.63, 3.8) is 0 Å². The number of rotatable bonds is 1. The van der Waals surface area contributed by atoms with Gasteiger partial charge in [0.1, 0.15) is 5.82 Å². The highest BCUT2D eigenvalue weighted by Gasteiger charge is 2.29. The molecule has 0 saturated carbocycles. The van der Waals surface area contributed by atoms with Crippen molar-refractivity contribution < 1.29 is 0 Å². The standard InChI is InChI=1S/C8H12BrN3S/c1-5-3-12(4-7(5)9)8-10-6(2)11-13-8/h5,7H,3-4H2,1-2H3. The monoisotopic (exact) mass is 261 g/mol. The highest BCUT2D eigenvalue weighted by molar-refractivity contribution is 9.09. The van der Waals surface area contributed by atoms with Crippen LogP contribution in [0.1, 0.15) is 12.7 Å². The Labute approximate surface area is 90.5 Å². The molecule has 0 N–H and O–H groups in total. The summed E-state index contributed by atoms with van der Waals surface area (Å²) in [6, 6.07) is 0. The SMILES string of the molecule is Cc1nsc(N2CC(C)C(Br)C2)n1. The van der Waals surface area contributed by atoms with Crippen molar-refractivity contribution in [2.45, 2.75) is 18.7 Å². The second kappa shape index (κ2) is 3.53. The maximum absolute atomic E-state index is 4.37. The average Bonchev–Trinajstić information content (AvgIpc) is 2.61. The molecule has 2 rings (SSSR count). The van der Waals surface area contributed by atoms with E-state index in [0.29, 0.717) is 10.7 Å². The summed E-state index contributed by atoms with van der Waals surface area (Å²) in [5, 5.41) is 1.06. The molecule has 72 valence electrons. The van der Waals surface area contributed by atoms with Crippen molar-refractivity contribution in [2.75, 3.05) is 18.0 Å². The minimum absolute atomic E-state index is 0.594. The maximum Gasteiger partial charge on any atom is 0.205 e. The number of hydrogen-bond donors (Lipinski definition) is 0. The van der Waals surface area contributed by atoms with Crippen LogP contribution in [-0.4, -0.2) is 27.3 Å². The molecule has 0 aliphatic carbocycles. The molecule has 1 aromatic rings. The fraction of sp³-hybridized carbons (Fsp3) is 0.750. The summed E-state index contributed by atoms with van der Waals surface area (Å²) in [4.78, 5) is 7.27. The Morgan fingerprint density at radius 1 is 1.54 bits per heavy atom. The summed E-state index contributed by atoms with van der Waals surface area (Å²) < 4.78 is 4.18. The summed E-state index contributed by atoms with van der Waals surface area (Å²) in [6.45, 7) is 6.33. The normalized spacial score (nSPS) is 28.4. The molecule has 1 fully saturated rings. The molecule has 0 amide bonds. The number of alkyl halides is 1. The highest BCUT2D eigenvalue weighted by atomic mass is 79.9. The van der Waals surface area contributed by atoms with Crippen molar-refractivity contribution in [2.24, 2.45) is 5.92 Å². The zero-order valence-electron chi connectivity index (χ0n) is 7.70. The quantitative estimate of drug-likeness (QED) is 0.725. The summed E-state index contributed by atoms with van der Waals surface area (Å²) in [5.41, 5.74) is 0. The van der Waals surface area contributed by atoms with Crippen LogP contribution in [-0.2, 0) is 0 Å². The second-order valence-corrected chi connectivity index (χ2v) is 5.43. The van der Waals surface area contributed by atoms with E-state index in [4.69, 9.17) is 0 Å². The van der Waals surface area contributed by atoms with Gasteiger partial charge in [0.05, 0.1) is 0 Å². The molecule has 5 heteroatoms. The van der Waals surface area contributed by atoms with E-state index in [1.54, 1.807) is 0 Å². The number of aryl methyl sites for hydroxylation is 1. The first kappa shape index (κ1) is 9.40. The van der Waals surface area contributed by atoms with Crippen LogP contribution in [0.4, 0.5) is 5.13 Å².